The first-order valence-corrected chi connectivity index (χ1v) is 9.16. The van der Waals surface area contributed by atoms with Gasteiger partial charge < -0.3 is 10.0 Å². The Balaban J connectivity index is 2.49. The Morgan fingerprint density at radius 3 is 2.08 bits per heavy atom. The van der Waals surface area contributed by atoms with Gasteiger partial charge in [-0.2, -0.15) is 0 Å². The minimum absolute atomic E-state index is 0.0301. The molecule has 0 aromatic heterocycles. The number of hydrogen-bond donors (Lipinski definition) is 2. The third-order valence-electron chi connectivity index (χ3n) is 3.83. The van der Waals surface area contributed by atoms with Gasteiger partial charge in [-0.25, -0.2) is 13.2 Å². The van der Waals surface area contributed by atoms with E-state index in [1.54, 1.807) is 57.1 Å². The fourth-order valence-corrected chi connectivity index (χ4v) is 4.46. The van der Waals surface area contributed by atoms with Crippen LogP contribution in [0.1, 0.15) is 27.0 Å². The average Bonchev–Trinajstić information content (AvgIpc) is 2.44. The Bertz CT molecular complexity index is 911. The van der Waals surface area contributed by atoms with E-state index in [0.29, 0.717) is 16.8 Å². The molecule has 0 heterocycles. The number of nitrogens with one attached hydrogen (secondary N) is 1. The minimum atomic E-state index is -3.82. The molecule has 0 atom stereocenters. The maximum Gasteiger partial charge on any atom is 0.337 e. The Morgan fingerprint density at radius 2 is 1.60 bits per heavy atom. The molecule has 0 aliphatic rings. The van der Waals surface area contributed by atoms with E-state index in [-0.39, 0.29) is 16.1 Å². The molecule has 0 amide bonds. The predicted molar refractivity (Wildman–Crippen MR) is 99.2 cm³/mol. The van der Waals surface area contributed by atoms with Crippen molar-refractivity contribution in [2.45, 2.75) is 25.7 Å². The molecule has 2 rings (SSSR count). The van der Waals surface area contributed by atoms with Gasteiger partial charge in [-0.1, -0.05) is 17.7 Å². The van der Waals surface area contributed by atoms with Crippen molar-refractivity contribution >= 4 is 27.4 Å². The first-order valence-electron chi connectivity index (χ1n) is 7.68. The first kappa shape index (κ1) is 18.8. The molecule has 0 aliphatic heterocycles. The summed E-state index contributed by atoms with van der Waals surface area (Å²) in [5.41, 5.74) is 3.02. The molecule has 2 aromatic rings. The molecule has 2 N–H and O–H groups in total. The van der Waals surface area contributed by atoms with Crippen LogP contribution in [0.5, 0.6) is 0 Å². The number of carbonyl (C=O) groups is 1. The smallest absolute Gasteiger partial charge is 0.337 e. The van der Waals surface area contributed by atoms with Crippen LogP contribution in [-0.2, 0) is 10.0 Å². The number of aromatic carboxylic acids is 1. The van der Waals surface area contributed by atoms with Crippen molar-refractivity contribution in [2.75, 3.05) is 23.7 Å². The zero-order valence-corrected chi connectivity index (χ0v) is 15.7. The maximum absolute atomic E-state index is 12.8. The molecule has 0 fully saturated rings. The third-order valence-corrected chi connectivity index (χ3v) is 5.52. The molecule has 6 nitrogen and oxygen atoms in total. The van der Waals surface area contributed by atoms with Crippen molar-refractivity contribution in [3.05, 3.63) is 52.6 Å². The molecule has 0 unspecified atom stereocenters. The Morgan fingerprint density at radius 1 is 1.04 bits per heavy atom. The Hall–Kier alpha value is -2.54. The lowest BCUT2D eigenvalue weighted by atomic mass is 10.1. The van der Waals surface area contributed by atoms with E-state index in [1.165, 1.54) is 6.07 Å². The highest BCUT2D eigenvalue weighted by Gasteiger charge is 2.21. The van der Waals surface area contributed by atoms with Gasteiger partial charge in [-0.3, -0.25) is 4.72 Å². The molecular formula is C18H22N2O4S. The van der Waals surface area contributed by atoms with Crippen LogP contribution in [-0.4, -0.2) is 33.6 Å². The molecule has 0 saturated carbocycles. The number of aryl methyl sites for hydroxylation is 3. The van der Waals surface area contributed by atoms with Gasteiger partial charge in [0.1, 0.15) is 0 Å². The molecule has 0 bridgehead atoms. The lowest BCUT2D eigenvalue weighted by molar-refractivity contribution is 0.0697. The van der Waals surface area contributed by atoms with E-state index in [1.807, 2.05) is 6.92 Å². The van der Waals surface area contributed by atoms with Crippen LogP contribution in [0, 0.1) is 20.8 Å². The lowest BCUT2D eigenvalue weighted by Gasteiger charge is -2.18. The van der Waals surface area contributed by atoms with Gasteiger partial charge >= 0.3 is 5.97 Å². The van der Waals surface area contributed by atoms with Crippen molar-refractivity contribution in [2.24, 2.45) is 0 Å². The highest BCUT2D eigenvalue weighted by molar-refractivity contribution is 7.92. The van der Waals surface area contributed by atoms with E-state index in [0.717, 1.165) is 5.56 Å². The fourth-order valence-electron chi connectivity index (χ4n) is 2.96. The number of hydrogen-bond acceptors (Lipinski definition) is 4. The summed E-state index contributed by atoms with van der Waals surface area (Å²) in [5.74, 6) is -1.12. The zero-order valence-electron chi connectivity index (χ0n) is 14.9. The number of benzene rings is 2. The monoisotopic (exact) mass is 362 g/mol. The van der Waals surface area contributed by atoms with Gasteiger partial charge in [-0.15, -0.1) is 0 Å². The quantitative estimate of drug-likeness (QED) is 0.853. The van der Waals surface area contributed by atoms with E-state index in [4.69, 9.17) is 0 Å². The topological polar surface area (TPSA) is 86.7 Å². The SMILES string of the molecule is Cc1cc(C)c(S(=O)(=O)Nc2ccc(N(C)C)c(C(=O)O)c2)c(C)c1. The molecule has 0 saturated heterocycles. The van der Waals surface area contributed by atoms with E-state index < -0.39 is 16.0 Å². The van der Waals surface area contributed by atoms with Gasteiger partial charge in [-0.05, 0) is 50.1 Å². The number of anilines is 2. The third kappa shape index (κ3) is 3.93. The molecule has 7 heteroatoms. The zero-order chi connectivity index (χ0) is 18.9. The summed E-state index contributed by atoms with van der Waals surface area (Å²) in [7, 11) is -0.370. The standard InChI is InChI=1S/C18H22N2O4S/c1-11-8-12(2)17(13(3)9-11)25(23,24)19-14-6-7-16(20(4)5)15(10-14)18(21)22/h6-10,19H,1-5H3,(H,21,22). The summed E-state index contributed by atoms with van der Waals surface area (Å²) in [6, 6.07) is 8.07. The summed E-state index contributed by atoms with van der Waals surface area (Å²) in [4.78, 5) is 13.3. The van der Waals surface area contributed by atoms with Crippen molar-refractivity contribution < 1.29 is 18.3 Å². The average molecular weight is 362 g/mol. The Kier molecular flexibility index (Phi) is 5.08. The number of carboxylic acids is 1. The van der Waals surface area contributed by atoms with Crippen LogP contribution in [0.25, 0.3) is 0 Å². The summed E-state index contributed by atoms with van der Waals surface area (Å²) in [6.45, 7) is 5.39. The highest BCUT2D eigenvalue weighted by atomic mass is 32.2. The fraction of sp³-hybridized carbons (Fsp3) is 0.278. The molecular weight excluding hydrogens is 340 g/mol. The first-order chi connectivity index (χ1) is 11.5. The van der Waals surface area contributed by atoms with Crippen LogP contribution >= 0.6 is 0 Å². The second-order valence-corrected chi connectivity index (χ2v) is 7.88. The number of sulfonamides is 1. The van der Waals surface area contributed by atoms with Gasteiger partial charge in [0.25, 0.3) is 10.0 Å². The summed E-state index contributed by atoms with van der Waals surface area (Å²) < 4.78 is 28.1. The summed E-state index contributed by atoms with van der Waals surface area (Å²) in [5, 5.41) is 9.37. The largest absolute Gasteiger partial charge is 0.478 e. The second-order valence-electron chi connectivity index (χ2n) is 6.26. The van der Waals surface area contributed by atoms with Crippen molar-refractivity contribution in [3.8, 4) is 0 Å². The molecule has 2 aromatic carbocycles. The summed E-state index contributed by atoms with van der Waals surface area (Å²) >= 11 is 0. The lowest BCUT2D eigenvalue weighted by Crippen LogP contribution is -2.18. The normalized spacial score (nSPS) is 11.2. The van der Waals surface area contributed by atoms with Gasteiger partial charge in [0.05, 0.1) is 16.1 Å². The number of carboxylic acid groups (broad SMARTS) is 1. The Labute approximate surface area is 148 Å². The van der Waals surface area contributed by atoms with Gasteiger partial charge in [0.2, 0.25) is 0 Å². The number of nitrogens with zero attached hydrogens (tertiary/aromatic N) is 1. The second kappa shape index (κ2) is 6.76. The van der Waals surface area contributed by atoms with Gasteiger partial charge in [0.15, 0.2) is 0 Å². The number of rotatable bonds is 5. The van der Waals surface area contributed by atoms with Crippen molar-refractivity contribution in [1.82, 2.24) is 0 Å². The predicted octanol–water partition coefficient (Wildman–Crippen LogP) is 3.18. The van der Waals surface area contributed by atoms with E-state index in [9.17, 15) is 18.3 Å². The van der Waals surface area contributed by atoms with Crippen LogP contribution in [0.2, 0.25) is 0 Å². The maximum atomic E-state index is 12.8. The van der Waals surface area contributed by atoms with Crippen LogP contribution in [0.15, 0.2) is 35.2 Å². The van der Waals surface area contributed by atoms with E-state index >= 15 is 0 Å². The van der Waals surface area contributed by atoms with Crippen LogP contribution in [0.3, 0.4) is 0 Å². The van der Waals surface area contributed by atoms with E-state index in [2.05, 4.69) is 4.72 Å². The molecule has 25 heavy (non-hydrogen) atoms. The molecule has 0 spiro atoms. The highest BCUT2D eigenvalue weighted by Crippen LogP contribution is 2.27. The van der Waals surface area contributed by atoms with Crippen LogP contribution < -0.4 is 9.62 Å². The molecule has 134 valence electrons. The van der Waals surface area contributed by atoms with Crippen molar-refractivity contribution in [1.29, 1.82) is 0 Å². The molecule has 0 aliphatic carbocycles. The van der Waals surface area contributed by atoms with Crippen LogP contribution in [0.4, 0.5) is 11.4 Å². The molecule has 0 radical (unpaired) electrons. The van der Waals surface area contributed by atoms with Gasteiger partial charge in [0, 0.05) is 19.8 Å². The summed E-state index contributed by atoms with van der Waals surface area (Å²) in [6.07, 6.45) is 0. The van der Waals surface area contributed by atoms with Crippen molar-refractivity contribution in [3.63, 3.8) is 0 Å². The minimum Gasteiger partial charge on any atom is -0.478 e.